The fraction of sp³-hybridized carbons (Fsp3) is 0.412. The van der Waals surface area contributed by atoms with Gasteiger partial charge >= 0.3 is 0 Å². The SMILES string of the molecule is CN=C(NCCS(=O)(=O)Nc1ccc(C)c(F)c1)NCc1nc(C)c(C)s1. The number of nitrogens with zero attached hydrogens (tertiary/aromatic N) is 2. The Hall–Kier alpha value is -2.20. The number of thiazole rings is 1. The lowest BCUT2D eigenvalue weighted by Crippen LogP contribution is -2.39. The van der Waals surface area contributed by atoms with Crippen LogP contribution < -0.4 is 15.4 Å². The lowest BCUT2D eigenvalue weighted by Gasteiger charge is -2.12. The molecule has 0 radical (unpaired) electrons. The molecule has 0 saturated heterocycles. The number of nitrogens with one attached hydrogen (secondary N) is 3. The molecule has 2 aromatic rings. The third-order valence-electron chi connectivity index (χ3n) is 3.81. The summed E-state index contributed by atoms with van der Waals surface area (Å²) in [5, 5.41) is 6.98. The predicted octanol–water partition coefficient (Wildman–Crippen LogP) is 2.31. The zero-order valence-corrected chi connectivity index (χ0v) is 17.4. The lowest BCUT2D eigenvalue weighted by atomic mass is 10.2. The number of hydrogen-bond acceptors (Lipinski definition) is 5. The van der Waals surface area contributed by atoms with Crippen molar-refractivity contribution < 1.29 is 12.8 Å². The Bertz CT molecular complexity index is 906. The number of anilines is 1. The molecule has 0 atom stereocenters. The molecular formula is C17H24FN5O2S2. The Balaban J connectivity index is 1.82. The molecule has 0 spiro atoms. The van der Waals surface area contributed by atoms with E-state index in [1.54, 1.807) is 25.3 Å². The first-order chi connectivity index (χ1) is 12.7. The Labute approximate surface area is 163 Å². The molecule has 3 N–H and O–H groups in total. The summed E-state index contributed by atoms with van der Waals surface area (Å²) in [5.41, 5.74) is 1.67. The predicted molar refractivity (Wildman–Crippen MR) is 108 cm³/mol. The van der Waals surface area contributed by atoms with Crippen molar-refractivity contribution in [3.8, 4) is 0 Å². The summed E-state index contributed by atoms with van der Waals surface area (Å²) in [6.07, 6.45) is 0. The number of sulfonamides is 1. The van der Waals surface area contributed by atoms with Gasteiger partial charge in [-0.3, -0.25) is 9.71 Å². The Morgan fingerprint density at radius 3 is 2.59 bits per heavy atom. The molecule has 148 valence electrons. The average Bonchev–Trinajstić information content (AvgIpc) is 2.92. The van der Waals surface area contributed by atoms with Gasteiger partial charge < -0.3 is 10.6 Å². The number of aryl methyl sites for hydroxylation is 3. The number of rotatable bonds is 7. The molecule has 0 aliphatic heterocycles. The summed E-state index contributed by atoms with van der Waals surface area (Å²) in [7, 11) is -2.00. The van der Waals surface area contributed by atoms with Crippen LogP contribution in [0.15, 0.2) is 23.2 Å². The van der Waals surface area contributed by atoms with E-state index in [9.17, 15) is 12.8 Å². The normalized spacial score (nSPS) is 12.1. The van der Waals surface area contributed by atoms with Gasteiger partial charge in [-0.1, -0.05) is 6.07 Å². The van der Waals surface area contributed by atoms with E-state index in [2.05, 4.69) is 25.3 Å². The van der Waals surface area contributed by atoms with Gasteiger partial charge in [0.05, 0.1) is 23.7 Å². The molecule has 0 saturated carbocycles. The van der Waals surface area contributed by atoms with Gasteiger partial charge in [0, 0.05) is 18.5 Å². The van der Waals surface area contributed by atoms with Crippen molar-refractivity contribution >= 4 is 33.0 Å². The number of hydrogen-bond donors (Lipinski definition) is 3. The van der Waals surface area contributed by atoms with Crippen LogP contribution in [0.4, 0.5) is 10.1 Å². The summed E-state index contributed by atoms with van der Waals surface area (Å²) < 4.78 is 40.2. The van der Waals surface area contributed by atoms with Gasteiger partial charge in [-0.2, -0.15) is 0 Å². The van der Waals surface area contributed by atoms with Crippen molar-refractivity contribution in [1.82, 2.24) is 15.6 Å². The summed E-state index contributed by atoms with van der Waals surface area (Å²) in [6, 6.07) is 4.22. The van der Waals surface area contributed by atoms with Crippen molar-refractivity contribution in [2.75, 3.05) is 24.1 Å². The molecule has 7 nitrogen and oxygen atoms in total. The summed E-state index contributed by atoms with van der Waals surface area (Å²) >= 11 is 1.61. The maximum absolute atomic E-state index is 13.5. The van der Waals surface area contributed by atoms with Gasteiger partial charge in [0.1, 0.15) is 10.8 Å². The average molecular weight is 414 g/mol. The maximum Gasteiger partial charge on any atom is 0.234 e. The van der Waals surface area contributed by atoms with Crippen LogP contribution in [0.1, 0.15) is 21.1 Å². The largest absolute Gasteiger partial charge is 0.355 e. The molecule has 1 aromatic heterocycles. The van der Waals surface area contributed by atoms with Gasteiger partial charge in [0.25, 0.3) is 0 Å². The maximum atomic E-state index is 13.5. The highest BCUT2D eigenvalue weighted by atomic mass is 32.2. The smallest absolute Gasteiger partial charge is 0.234 e. The number of guanidine groups is 1. The van der Waals surface area contributed by atoms with Crippen LogP contribution in [-0.2, 0) is 16.6 Å². The molecule has 0 fully saturated rings. The van der Waals surface area contributed by atoms with Crippen molar-refractivity contribution in [3.63, 3.8) is 0 Å². The van der Waals surface area contributed by atoms with E-state index in [1.807, 2.05) is 13.8 Å². The topological polar surface area (TPSA) is 95.5 Å². The van der Waals surface area contributed by atoms with Crippen molar-refractivity contribution in [2.24, 2.45) is 4.99 Å². The number of benzene rings is 1. The minimum Gasteiger partial charge on any atom is -0.355 e. The van der Waals surface area contributed by atoms with Crippen LogP contribution in [0.25, 0.3) is 0 Å². The molecule has 0 amide bonds. The Morgan fingerprint density at radius 1 is 1.26 bits per heavy atom. The highest BCUT2D eigenvalue weighted by molar-refractivity contribution is 7.92. The Kier molecular flexibility index (Phi) is 7.14. The van der Waals surface area contributed by atoms with E-state index >= 15 is 0 Å². The van der Waals surface area contributed by atoms with Crippen molar-refractivity contribution in [3.05, 3.63) is 45.2 Å². The van der Waals surface area contributed by atoms with E-state index in [0.29, 0.717) is 18.1 Å². The first-order valence-electron chi connectivity index (χ1n) is 8.34. The number of aliphatic imine (C=N–C) groups is 1. The van der Waals surface area contributed by atoms with E-state index in [1.165, 1.54) is 23.1 Å². The van der Waals surface area contributed by atoms with Gasteiger partial charge in [0.15, 0.2) is 5.96 Å². The molecule has 0 aliphatic carbocycles. The standard InChI is InChI=1S/C17H24FN5O2S2/c1-11-5-6-14(9-15(11)18)23-27(24,25)8-7-20-17(19-4)21-10-16-22-12(2)13(3)26-16/h5-6,9,23H,7-8,10H2,1-4H3,(H2,19,20,21). The van der Waals surface area contributed by atoms with Crippen LogP contribution in [0.2, 0.25) is 0 Å². The van der Waals surface area contributed by atoms with Crippen LogP contribution in [0.5, 0.6) is 0 Å². The Morgan fingerprint density at radius 2 is 2.00 bits per heavy atom. The van der Waals surface area contributed by atoms with Crippen LogP contribution >= 0.6 is 11.3 Å². The molecule has 27 heavy (non-hydrogen) atoms. The minimum absolute atomic E-state index is 0.152. The second-order valence-electron chi connectivity index (χ2n) is 5.99. The third kappa shape index (κ3) is 6.47. The van der Waals surface area contributed by atoms with Gasteiger partial charge in [0.2, 0.25) is 10.0 Å². The first-order valence-corrected chi connectivity index (χ1v) is 10.8. The molecule has 1 aromatic carbocycles. The summed E-state index contributed by atoms with van der Waals surface area (Å²) in [5.74, 6) is -0.152. The highest BCUT2D eigenvalue weighted by Crippen LogP contribution is 2.16. The molecule has 1 heterocycles. The van der Waals surface area contributed by atoms with Crippen molar-refractivity contribution in [1.29, 1.82) is 0 Å². The molecule has 2 rings (SSSR count). The van der Waals surface area contributed by atoms with E-state index in [0.717, 1.165) is 10.7 Å². The first kappa shape index (κ1) is 21.1. The monoisotopic (exact) mass is 413 g/mol. The zero-order valence-electron chi connectivity index (χ0n) is 15.8. The third-order valence-corrected chi connectivity index (χ3v) is 6.17. The lowest BCUT2D eigenvalue weighted by molar-refractivity contribution is 0.599. The van der Waals surface area contributed by atoms with E-state index < -0.39 is 15.8 Å². The fourth-order valence-corrected chi connectivity index (χ4v) is 4.02. The van der Waals surface area contributed by atoms with Gasteiger partial charge in [-0.15, -0.1) is 11.3 Å². The van der Waals surface area contributed by atoms with Gasteiger partial charge in [-0.25, -0.2) is 17.8 Å². The van der Waals surface area contributed by atoms with Crippen LogP contribution in [0, 0.1) is 26.6 Å². The fourth-order valence-electron chi connectivity index (χ4n) is 2.19. The number of aromatic nitrogens is 1. The second-order valence-corrected chi connectivity index (χ2v) is 9.12. The van der Waals surface area contributed by atoms with E-state index in [4.69, 9.17) is 0 Å². The van der Waals surface area contributed by atoms with E-state index in [-0.39, 0.29) is 18.0 Å². The summed E-state index contributed by atoms with van der Waals surface area (Å²) in [6.45, 7) is 6.25. The van der Waals surface area contributed by atoms with Crippen LogP contribution in [0.3, 0.4) is 0 Å². The molecule has 0 bridgehead atoms. The highest BCUT2D eigenvalue weighted by Gasteiger charge is 2.12. The molecular weight excluding hydrogens is 389 g/mol. The molecule has 10 heteroatoms. The molecule has 0 unspecified atom stereocenters. The number of halogens is 1. The zero-order chi connectivity index (χ0) is 20.0. The summed E-state index contributed by atoms with van der Waals surface area (Å²) in [4.78, 5) is 9.66. The molecule has 0 aliphatic rings. The van der Waals surface area contributed by atoms with Crippen LogP contribution in [-0.4, -0.2) is 38.7 Å². The quantitative estimate of drug-likeness (QED) is 0.478. The second kappa shape index (κ2) is 9.14. The van der Waals surface area contributed by atoms with Gasteiger partial charge in [-0.05, 0) is 38.5 Å². The van der Waals surface area contributed by atoms with Crippen molar-refractivity contribution in [2.45, 2.75) is 27.3 Å². The minimum atomic E-state index is -3.61.